The van der Waals surface area contributed by atoms with E-state index >= 15 is 0 Å². The van der Waals surface area contributed by atoms with Crippen molar-refractivity contribution in [2.75, 3.05) is 12.5 Å². The van der Waals surface area contributed by atoms with E-state index in [9.17, 15) is 8.42 Å². The third kappa shape index (κ3) is 3.56. The van der Waals surface area contributed by atoms with Gasteiger partial charge in [0.15, 0.2) is 0 Å². The van der Waals surface area contributed by atoms with Crippen LogP contribution in [0.25, 0.3) is 0 Å². The standard InChI is InChI=1S/C15H25N3O2S/c1-15(2)10-8-13(9-11-15)18(3)21(19,20)14-6-4-12(17-16)5-7-14/h4-7,13,17H,8-11,16H2,1-3H3. The maximum atomic E-state index is 12.7. The minimum absolute atomic E-state index is 0.0929. The van der Waals surface area contributed by atoms with Crippen molar-refractivity contribution in [1.82, 2.24) is 4.31 Å². The van der Waals surface area contributed by atoms with Gasteiger partial charge in [-0.15, -0.1) is 0 Å². The van der Waals surface area contributed by atoms with Gasteiger partial charge in [0.1, 0.15) is 0 Å². The molecule has 0 saturated heterocycles. The number of hydrogen-bond acceptors (Lipinski definition) is 4. The van der Waals surface area contributed by atoms with Gasteiger partial charge >= 0.3 is 0 Å². The number of nitrogens with one attached hydrogen (secondary N) is 1. The van der Waals surface area contributed by atoms with Crippen LogP contribution < -0.4 is 11.3 Å². The van der Waals surface area contributed by atoms with E-state index in [1.807, 2.05) is 0 Å². The Morgan fingerprint density at radius 3 is 2.19 bits per heavy atom. The predicted molar refractivity (Wildman–Crippen MR) is 85.2 cm³/mol. The Morgan fingerprint density at radius 2 is 1.71 bits per heavy atom. The highest BCUT2D eigenvalue weighted by molar-refractivity contribution is 7.89. The number of sulfonamides is 1. The Balaban J connectivity index is 2.15. The molecule has 0 unspecified atom stereocenters. The molecule has 6 heteroatoms. The van der Waals surface area contributed by atoms with Crippen molar-refractivity contribution in [3.05, 3.63) is 24.3 Å². The number of benzene rings is 1. The van der Waals surface area contributed by atoms with Crippen molar-refractivity contribution >= 4 is 15.7 Å². The quantitative estimate of drug-likeness (QED) is 0.662. The normalized spacial score (nSPS) is 19.7. The maximum Gasteiger partial charge on any atom is 0.243 e. The molecule has 0 spiro atoms. The van der Waals surface area contributed by atoms with E-state index in [-0.39, 0.29) is 6.04 Å². The molecule has 0 aromatic heterocycles. The highest BCUT2D eigenvalue weighted by Crippen LogP contribution is 2.37. The third-order valence-corrected chi connectivity index (χ3v) is 6.45. The molecule has 1 fully saturated rings. The van der Waals surface area contributed by atoms with Crippen LogP contribution in [0.1, 0.15) is 39.5 Å². The molecule has 0 amide bonds. The zero-order valence-electron chi connectivity index (χ0n) is 13.0. The molecule has 1 aromatic carbocycles. The number of hydrazine groups is 1. The summed E-state index contributed by atoms with van der Waals surface area (Å²) in [5.41, 5.74) is 3.52. The second-order valence-corrected chi connectivity index (χ2v) is 8.58. The van der Waals surface area contributed by atoms with Crippen LogP contribution >= 0.6 is 0 Å². The molecule has 5 nitrogen and oxygen atoms in total. The molecule has 0 bridgehead atoms. The molecule has 3 N–H and O–H groups in total. The Morgan fingerprint density at radius 1 is 1.19 bits per heavy atom. The topological polar surface area (TPSA) is 75.4 Å². The fourth-order valence-electron chi connectivity index (χ4n) is 2.83. The van der Waals surface area contributed by atoms with Crippen LogP contribution in [0, 0.1) is 5.41 Å². The van der Waals surface area contributed by atoms with Crippen molar-refractivity contribution in [1.29, 1.82) is 0 Å². The molecule has 1 aromatic rings. The average Bonchev–Trinajstić information content (AvgIpc) is 2.46. The van der Waals surface area contributed by atoms with Crippen LogP contribution in [-0.2, 0) is 10.0 Å². The van der Waals surface area contributed by atoms with Gasteiger partial charge in [-0.25, -0.2) is 8.42 Å². The van der Waals surface area contributed by atoms with Crippen LogP contribution in [0.3, 0.4) is 0 Å². The van der Waals surface area contributed by atoms with Gasteiger partial charge in [-0.1, -0.05) is 13.8 Å². The monoisotopic (exact) mass is 311 g/mol. The predicted octanol–water partition coefficient (Wildman–Crippen LogP) is 2.56. The SMILES string of the molecule is CN(C1CCC(C)(C)CC1)S(=O)(=O)c1ccc(NN)cc1. The number of nitrogen functional groups attached to an aromatic ring is 1. The summed E-state index contributed by atoms with van der Waals surface area (Å²) in [5, 5.41) is 0. The summed E-state index contributed by atoms with van der Waals surface area (Å²) in [7, 11) is -1.75. The van der Waals surface area contributed by atoms with Gasteiger partial charge in [0.2, 0.25) is 10.0 Å². The van der Waals surface area contributed by atoms with Gasteiger partial charge < -0.3 is 5.43 Å². The third-order valence-electron chi connectivity index (χ3n) is 4.52. The fourth-order valence-corrected chi connectivity index (χ4v) is 4.25. The maximum absolute atomic E-state index is 12.7. The van der Waals surface area contributed by atoms with Crippen molar-refractivity contribution in [3.8, 4) is 0 Å². The minimum atomic E-state index is -3.44. The first-order valence-corrected chi connectivity index (χ1v) is 8.75. The lowest BCUT2D eigenvalue weighted by atomic mass is 9.76. The summed E-state index contributed by atoms with van der Waals surface area (Å²) in [6.45, 7) is 4.49. The molecular weight excluding hydrogens is 286 g/mol. The summed E-state index contributed by atoms with van der Waals surface area (Å²) in [6, 6.07) is 6.62. The van der Waals surface area contributed by atoms with Crippen molar-refractivity contribution < 1.29 is 8.42 Å². The Bertz CT molecular complexity index is 571. The van der Waals surface area contributed by atoms with Crippen molar-refractivity contribution in [3.63, 3.8) is 0 Å². The van der Waals surface area contributed by atoms with Crippen LogP contribution in [0.4, 0.5) is 5.69 Å². The second kappa shape index (κ2) is 5.94. The summed E-state index contributed by atoms with van der Waals surface area (Å²) in [6.07, 6.45) is 3.97. The molecule has 1 saturated carbocycles. The van der Waals surface area contributed by atoms with Crippen LogP contribution in [0.15, 0.2) is 29.2 Å². The Hall–Kier alpha value is -1.11. The van der Waals surface area contributed by atoms with Crippen LogP contribution in [0.2, 0.25) is 0 Å². The molecule has 0 atom stereocenters. The van der Waals surface area contributed by atoms with E-state index in [1.165, 1.54) is 4.31 Å². The lowest BCUT2D eigenvalue weighted by molar-refractivity contribution is 0.174. The van der Waals surface area contributed by atoms with E-state index in [2.05, 4.69) is 19.3 Å². The van der Waals surface area contributed by atoms with Gasteiger partial charge in [-0.05, 0) is 55.4 Å². The number of anilines is 1. The molecular formula is C15H25N3O2S. The molecule has 0 heterocycles. The van der Waals surface area contributed by atoms with E-state index in [0.29, 0.717) is 16.0 Å². The lowest BCUT2D eigenvalue weighted by Gasteiger charge is -2.38. The molecule has 1 aliphatic rings. The summed E-state index contributed by atoms with van der Waals surface area (Å²) >= 11 is 0. The molecule has 0 aliphatic heterocycles. The Kier molecular flexibility index (Phi) is 4.60. The second-order valence-electron chi connectivity index (χ2n) is 6.59. The minimum Gasteiger partial charge on any atom is -0.324 e. The molecule has 1 aliphatic carbocycles. The largest absolute Gasteiger partial charge is 0.324 e. The highest BCUT2D eigenvalue weighted by Gasteiger charge is 2.33. The first kappa shape index (κ1) is 16.3. The van der Waals surface area contributed by atoms with Crippen LogP contribution in [0.5, 0.6) is 0 Å². The first-order valence-electron chi connectivity index (χ1n) is 7.31. The van der Waals surface area contributed by atoms with Gasteiger partial charge in [-0.2, -0.15) is 4.31 Å². The lowest BCUT2D eigenvalue weighted by Crippen LogP contribution is -2.40. The number of hydrogen-bond donors (Lipinski definition) is 2. The smallest absolute Gasteiger partial charge is 0.243 e. The van der Waals surface area contributed by atoms with Crippen molar-refractivity contribution in [2.45, 2.75) is 50.5 Å². The van der Waals surface area contributed by atoms with E-state index in [0.717, 1.165) is 25.7 Å². The molecule has 21 heavy (non-hydrogen) atoms. The first-order chi connectivity index (χ1) is 9.76. The molecule has 2 rings (SSSR count). The van der Waals surface area contributed by atoms with E-state index in [4.69, 9.17) is 5.84 Å². The summed E-state index contributed by atoms with van der Waals surface area (Å²) in [4.78, 5) is 0.314. The summed E-state index contributed by atoms with van der Waals surface area (Å²) in [5.74, 6) is 5.30. The number of nitrogens with zero attached hydrogens (tertiary/aromatic N) is 1. The van der Waals surface area contributed by atoms with Gasteiger partial charge in [0.05, 0.1) is 4.90 Å². The van der Waals surface area contributed by atoms with Gasteiger partial charge in [-0.3, -0.25) is 5.84 Å². The summed E-state index contributed by atoms with van der Waals surface area (Å²) < 4.78 is 26.9. The molecule has 0 radical (unpaired) electrons. The fraction of sp³-hybridized carbons (Fsp3) is 0.600. The molecule has 118 valence electrons. The zero-order valence-corrected chi connectivity index (χ0v) is 13.8. The van der Waals surface area contributed by atoms with Crippen molar-refractivity contribution in [2.24, 2.45) is 11.3 Å². The van der Waals surface area contributed by atoms with Gasteiger partial charge in [0.25, 0.3) is 0 Å². The van der Waals surface area contributed by atoms with E-state index < -0.39 is 10.0 Å². The van der Waals surface area contributed by atoms with Gasteiger partial charge in [0, 0.05) is 18.8 Å². The highest BCUT2D eigenvalue weighted by atomic mass is 32.2. The van der Waals surface area contributed by atoms with Crippen LogP contribution in [-0.4, -0.2) is 25.8 Å². The number of nitrogens with two attached hydrogens (primary N) is 1. The Labute approximate surface area is 127 Å². The number of rotatable bonds is 4. The average molecular weight is 311 g/mol. The van der Waals surface area contributed by atoms with E-state index in [1.54, 1.807) is 31.3 Å². The zero-order chi connectivity index (χ0) is 15.7.